The Kier molecular flexibility index (Phi) is 5.06. The lowest BCUT2D eigenvalue weighted by Crippen LogP contribution is -2.33. The molecule has 1 unspecified atom stereocenters. The fourth-order valence-corrected chi connectivity index (χ4v) is 5.16. The summed E-state index contributed by atoms with van der Waals surface area (Å²) in [7, 11) is -1.98. The van der Waals surface area contributed by atoms with Crippen LogP contribution in [-0.4, -0.2) is 46.0 Å². The number of aryl methyl sites for hydroxylation is 1. The van der Waals surface area contributed by atoms with E-state index in [4.69, 9.17) is 4.74 Å². The van der Waals surface area contributed by atoms with E-state index in [9.17, 15) is 8.42 Å². The summed E-state index contributed by atoms with van der Waals surface area (Å²) in [4.78, 5) is 0.285. The van der Waals surface area contributed by atoms with Gasteiger partial charge in [-0.3, -0.25) is 0 Å². The number of halogens is 1. The molecule has 1 N–H and O–H groups in total. The molecule has 124 valence electrons. The van der Waals surface area contributed by atoms with Crippen LogP contribution < -0.4 is 10.1 Å². The first-order chi connectivity index (χ1) is 9.97. The molecule has 2 aliphatic rings. The molecule has 0 aromatic heterocycles. The average molecular weight is 347 g/mol. The molecule has 22 heavy (non-hydrogen) atoms. The minimum absolute atomic E-state index is 0. The number of rotatable bonds is 3. The second-order valence-electron chi connectivity index (χ2n) is 6.17. The topological polar surface area (TPSA) is 58.6 Å². The largest absolute Gasteiger partial charge is 0.495 e. The first kappa shape index (κ1) is 17.5. The summed E-state index contributed by atoms with van der Waals surface area (Å²) in [5, 5.41) is 3.35. The SMILES string of the molecule is COc1ccc(C)cc1S(=O)(=O)N1CCC2(CCNC2)C1.Cl. The Labute approximate surface area is 138 Å². The summed E-state index contributed by atoms with van der Waals surface area (Å²) in [6.07, 6.45) is 2.00. The van der Waals surface area contributed by atoms with Crippen LogP contribution in [0.5, 0.6) is 5.75 Å². The number of nitrogens with one attached hydrogen (secondary N) is 1. The number of methoxy groups -OCH3 is 1. The van der Waals surface area contributed by atoms with Gasteiger partial charge in [-0.15, -0.1) is 12.4 Å². The van der Waals surface area contributed by atoms with Gasteiger partial charge >= 0.3 is 0 Å². The minimum Gasteiger partial charge on any atom is -0.495 e. The molecular formula is C15H23ClN2O3S. The van der Waals surface area contributed by atoms with Crippen LogP contribution in [0, 0.1) is 12.3 Å². The van der Waals surface area contributed by atoms with Crippen LogP contribution in [0.25, 0.3) is 0 Å². The molecule has 3 rings (SSSR count). The average Bonchev–Trinajstić information content (AvgIpc) is 3.10. The van der Waals surface area contributed by atoms with E-state index < -0.39 is 10.0 Å². The zero-order valence-electron chi connectivity index (χ0n) is 13.0. The normalized spacial score (nSPS) is 25.4. The number of hydrogen-bond acceptors (Lipinski definition) is 4. The molecule has 2 saturated heterocycles. The van der Waals surface area contributed by atoms with Gasteiger partial charge in [0.05, 0.1) is 7.11 Å². The van der Waals surface area contributed by atoms with Crippen LogP contribution in [0.2, 0.25) is 0 Å². The summed E-state index contributed by atoms with van der Waals surface area (Å²) in [6.45, 7) is 5.01. The fraction of sp³-hybridized carbons (Fsp3) is 0.600. The first-order valence-corrected chi connectivity index (χ1v) is 8.76. The van der Waals surface area contributed by atoms with Crippen molar-refractivity contribution in [2.75, 3.05) is 33.3 Å². The Morgan fingerprint density at radius 3 is 2.73 bits per heavy atom. The van der Waals surface area contributed by atoms with Gasteiger partial charge < -0.3 is 10.1 Å². The summed E-state index contributed by atoms with van der Waals surface area (Å²) < 4.78 is 32.7. The third kappa shape index (κ3) is 2.97. The van der Waals surface area contributed by atoms with E-state index in [2.05, 4.69) is 5.32 Å². The molecule has 1 spiro atoms. The summed E-state index contributed by atoms with van der Waals surface area (Å²) in [5.41, 5.74) is 1.05. The number of ether oxygens (including phenoxy) is 1. The van der Waals surface area contributed by atoms with Gasteiger partial charge in [-0.1, -0.05) is 6.07 Å². The zero-order chi connectivity index (χ0) is 15.1. The molecule has 0 aliphatic carbocycles. The van der Waals surface area contributed by atoms with E-state index in [1.54, 1.807) is 16.4 Å². The van der Waals surface area contributed by atoms with Crippen molar-refractivity contribution >= 4 is 22.4 Å². The van der Waals surface area contributed by atoms with Gasteiger partial charge in [-0.25, -0.2) is 8.42 Å². The van der Waals surface area contributed by atoms with Gasteiger partial charge in [0.1, 0.15) is 10.6 Å². The lowest BCUT2D eigenvalue weighted by atomic mass is 9.87. The highest BCUT2D eigenvalue weighted by molar-refractivity contribution is 7.89. The van der Waals surface area contributed by atoms with Crippen molar-refractivity contribution in [1.29, 1.82) is 0 Å². The molecule has 2 aliphatic heterocycles. The summed E-state index contributed by atoms with van der Waals surface area (Å²) in [6, 6.07) is 5.29. The van der Waals surface area contributed by atoms with Crippen molar-refractivity contribution in [3.8, 4) is 5.75 Å². The van der Waals surface area contributed by atoms with Crippen LogP contribution in [0.3, 0.4) is 0 Å². The molecule has 0 saturated carbocycles. The molecule has 1 aromatic rings. The standard InChI is InChI=1S/C15H22N2O3S.ClH/c1-12-3-4-13(20-2)14(9-12)21(18,19)17-8-6-15(11-17)5-7-16-10-15;/h3-4,9,16H,5-8,10-11H2,1-2H3;1H. The molecule has 1 aromatic carbocycles. The number of nitrogens with zero attached hydrogens (tertiary/aromatic N) is 1. The van der Waals surface area contributed by atoms with Crippen molar-refractivity contribution in [2.45, 2.75) is 24.7 Å². The molecule has 2 heterocycles. The highest BCUT2D eigenvalue weighted by Crippen LogP contribution is 2.39. The maximum atomic E-state index is 12.9. The minimum atomic E-state index is -3.49. The third-order valence-electron chi connectivity index (χ3n) is 4.67. The molecule has 0 amide bonds. The third-order valence-corrected chi connectivity index (χ3v) is 6.54. The van der Waals surface area contributed by atoms with Crippen molar-refractivity contribution in [2.24, 2.45) is 5.41 Å². The Morgan fingerprint density at radius 2 is 2.09 bits per heavy atom. The second-order valence-corrected chi connectivity index (χ2v) is 8.08. The van der Waals surface area contributed by atoms with Gasteiger partial charge in [-0.05, 0) is 49.4 Å². The van der Waals surface area contributed by atoms with E-state index >= 15 is 0 Å². The monoisotopic (exact) mass is 346 g/mol. The molecule has 0 radical (unpaired) electrons. The number of hydrogen-bond donors (Lipinski definition) is 1. The Morgan fingerprint density at radius 1 is 1.32 bits per heavy atom. The van der Waals surface area contributed by atoms with E-state index in [1.165, 1.54) is 7.11 Å². The highest BCUT2D eigenvalue weighted by atomic mass is 35.5. The molecule has 7 heteroatoms. The lowest BCUT2D eigenvalue weighted by molar-refractivity contribution is 0.337. The van der Waals surface area contributed by atoms with Crippen LogP contribution in [0.1, 0.15) is 18.4 Å². The van der Waals surface area contributed by atoms with Crippen molar-refractivity contribution in [3.63, 3.8) is 0 Å². The van der Waals surface area contributed by atoms with Gasteiger partial charge in [0.25, 0.3) is 0 Å². The maximum absolute atomic E-state index is 12.9. The van der Waals surface area contributed by atoms with Crippen LogP contribution in [0.15, 0.2) is 23.1 Å². The van der Waals surface area contributed by atoms with Crippen molar-refractivity contribution < 1.29 is 13.2 Å². The number of benzene rings is 1. The predicted octanol–water partition coefficient (Wildman–Crippen LogP) is 1.80. The van der Waals surface area contributed by atoms with Gasteiger partial charge in [0.2, 0.25) is 10.0 Å². The Bertz CT molecular complexity index is 642. The van der Waals surface area contributed by atoms with Crippen LogP contribution in [-0.2, 0) is 10.0 Å². The summed E-state index contributed by atoms with van der Waals surface area (Å²) in [5.74, 6) is 0.422. The first-order valence-electron chi connectivity index (χ1n) is 7.32. The van der Waals surface area contributed by atoms with E-state index in [-0.39, 0.29) is 22.7 Å². The van der Waals surface area contributed by atoms with Crippen LogP contribution >= 0.6 is 12.4 Å². The zero-order valence-corrected chi connectivity index (χ0v) is 14.6. The van der Waals surface area contributed by atoms with Crippen molar-refractivity contribution in [3.05, 3.63) is 23.8 Å². The van der Waals surface area contributed by atoms with E-state index in [0.29, 0.717) is 18.8 Å². The second kappa shape index (κ2) is 6.35. The molecule has 2 fully saturated rings. The quantitative estimate of drug-likeness (QED) is 0.906. The lowest BCUT2D eigenvalue weighted by Gasteiger charge is -2.23. The number of sulfonamides is 1. The summed E-state index contributed by atoms with van der Waals surface area (Å²) >= 11 is 0. The molecule has 1 atom stereocenters. The highest BCUT2D eigenvalue weighted by Gasteiger charge is 2.45. The fourth-order valence-electron chi connectivity index (χ4n) is 3.37. The van der Waals surface area contributed by atoms with Gasteiger partial charge in [0.15, 0.2) is 0 Å². The smallest absolute Gasteiger partial charge is 0.246 e. The molecule has 0 bridgehead atoms. The predicted molar refractivity (Wildman–Crippen MR) is 88.3 cm³/mol. The molecular weight excluding hydrogens is 324 g/mol. The van der Waals surface area contributed by atoms with Gasteiger partial charge in [0, 0.05) is 19.6 Å². The maximum Gasteiger partial charge on any atom is 0.246 e. The molecule has 5 nitrogen and oxygen atoms in total. The van der Waals surface area contributed by atoms with Crippen molar-refractivity contribution in [1.82, 2.24) is 9.62 Å². The Hall–Kier alpha value is -0.820. The van der Waals surface area contributed by atoms with E-state index in [1.807, 2.05) is 13.0 Å². The Balaban J connectivity index is 0.00000176. The van der Waals surface area contributed by atoms with Gasteiger partial charge in [-0.2, -0.15) is 4.31 Å². The van der Waals surface area contributed by atoms with Crippen LogP contribution in [0.4, 0.5) is 0 Å². The van der Waals surface area contributed by atoms with E-state index in [0.717, 1.165) is 31.5 Å².